The van der Waals surface area contributed by atoms with Crippen molar-refractivity contribution < 1.29 is 17.6 Å². The maximum Gasteiger partial charge on any atom is 0.194 e. The van der Waals surface area contributed by atoms with Crippen LogP contribution in [-0.2, 0) is 0 Å². The van der Waals surface area contributed by atoms with Crippen molar-refractivity contribution in [3.63, 3.8) is 0 Å². The summed E-state index contributed by atoms with van der Waals surface area (Å²) in [5.41, 5.74) is 5.15. The smallest absolute Gasteiger partial charge is 0.194 e. The van der Waals surface area contributed by atoms with Crippen molar-refractivity contribution in [2.45, 2.75) is 12.5 Å². The van der Waals surface area contributed by atoms with Crippen LogP contribution in [0, 0.1) is 17.5 Å². The van der Waals surface area contributed by atoms with Gasteiger partial charge in [0.25, 0.3) is 0 Å². The molecule has 0 aliphatic heterocycles. The van der Waals surface area contributed by atoms with E-state index in [1.165, 1.54) is 0 Å². The molecule has 0 amide bonds. The molecule has 1 aromatic rings. The van der Waals surface area contributed by atoms with Gasteiger partial charge in [0.2, 0.25) is 0 Å². The van der Waals surface area contributed by atoms with Crippen LogP contribution < -0.4 is 5.73 Å². The predicted octanol–water partition coefficient (Wildman–Crippen LogP) is 2.89. The van der Waals surface area contributed by atoms with Crippen molar-refractivity contribution in [2.75, 3.05) is 6.67 Å². The van der Waals surface area contributed by atoms with E-state index < -0.39 is 30.2 Å². The van der Waals surface area contributed by atoms with Crippen molar-refractivity contribution in [1.29, 1.82) is 0 Å². The average molecular weight is 244 g/mol. The number of nitrogens with two attached hydrogens (primary N) is 1. The zero-order chi connectivity index (χ0) is 10.7. The van der Waals surface area contributed by atoms with Gasteiger partial charge in [-0.15, -0.1) is 12.4 Å². The summed E-state index contributed by atoms with van der Waals surface area (Å²) in [5.74, 6) is -4.19. The monoisotopic (exact) mass is 243 g/mol. The third-order valence-electron chi connectivity index (χ3n) is 1.88. The van der Waals surface area contributed by atoms with Gasteiger partial charge >= 0.3 is 0 Å². The van der Waals surface area contributed by atoms with Gasteiger partial charge in [-0.1, -0.05) is 6.07 Å². The molecule has 1 nitrogen and oxygen atoms in total. The minimum atomic E-state index is -1.57. The molecule has 15 heavy (non-hydrogen) atoms. The Balaban J connectivity index is 0.00000196. The van der Waals surface area contributed by atoms with Crippen LogP contribution in [0.15, 0.2) is 12.1 Å². The Morgan fingerprint density at radius 3 is 2.27 bits per heavy atom. The molecule has 0 aliphatic rings. The lowest BCUT2D eigenvalue weighted by atomic mass is 10.0. The molecule has 6 heteroatoms. The molecule has 1 atom stereocenters. The molecule has 0 saturated carbocycles. The van der Waals surface area contributed by atoms with Crippen LogP contribution in [0.4, 0.5) is 17.6 Å². The predicted molar refractivity (Wildman–Crippen MR) is 51.1 cm³/mol. The van der Waals surface area contributed by atoms with E-state index in [9.17, 15) is 17.6 Å². The zero-order valence-corrected chi connectivity index (χ0v) is 8.46. The lowest BCUT2D eigenvalue weighted by molar-refractivity contribution is 0.413. The molecule has 1 rings (SSSR count). The van der Waals surface area contributed by atoms with E-state index in [1.807, 2.05) is 0 Å². The van der Waals surface area contributed by atoms with Gasteiger partial charge in [0, 0.05) is 11.6 Å². The molecular formula is C9H10ClF4N. The van der Waals surface area contributed by atoms with Crippen LogP contribution in [0.1, 0.15) is 18.0 Å². The van der Waals surface area contributed by atoms with Gasteiger partial charge in [0.1, 0.15) is 0 Å². The molecule has 0 unspecified atom stereocenters. The first kappa shape index (κ1) is 14.2. The Morgan fingerprint density at radius 1 is 1.13 bits per heavy atom. The molecule has 0 fully saturated rings. The fourth-order valence-corrected chi connectivity index (χ4v) is 1.10. The minimum absolute atomic E-state index is 0. The lowest BCUT2D eigenvalue weighted by Gasteiger charge is -2.11. The minimum Gasteiger partial charge on any atom is -0.324 e. The Labute approximate surface area is 90.7 Å². The van der Waals surface area contributed by atoms with Gasteiger partial charge in [-0.25, -0.2) is 13.2 Å². The molecule has 0 bridgehead atoms. The summed E-state index contributed by atoms with van der Waals surface area (Å²) in [5, 5.41) is 0. The maximum atomic E-state index is 13.0. The first-order valence-corrected chi connectivity index (χ1v) is 4.03. The van der Waals surface area contributed by atoms with Gasteiger partial charge in [-0.3, -0.25) is 4.39 Å². The number of benzene rings is 1. The molecule has 0 spiro atoms. The molecule has 0 aromatic heterocycles. The van der Waals surface area contributed by atoms with Crippen molar-refractivity contribution in [3.05, 3.63) is 35.1 Å². The second-order valence-electron chi connectivity index (χ2n) is 2.85. The number of rotatable bonds is 3. The summed E-state index contributed by atoms with van der Waals surface area (Å²) in [7, 11) is 0. The quantitative estimate of drug-likeness (QED) is 0.641. The summed E-state index contributed by atoms with van der Waals surface area (Å²) in [4.78, 5) is 0. The van der Waals surface area contributed by atoms with E-state index >= 15 is 0 Å². The Hall–Kier alpha value is -0.810. The molecule has 0 saturated heterocycles. The van der Waals surface area contributed by atoms with E-state index in [1.54, 1.807) is 0 Å². The standard InChI is InChI=1S/C9H9F4N.ClH/c10-4-3-7(14)5-1-2-6(11)9(13)8(5)12;/h1-2,7H,3-4,14H2;1H/t7-;/m1./s1. The highest BCUT2D eigenvalue weighted by molar-refractivity contribution is 5.85. The largest absolute Gasteiger partial charge is 0.324 e. The van der Waals surface area contributed by atoms with Crippen LogP contribution in [-0.4, -0.2) is 6.67 Å². The van der Waals surface area contributed by atoms with E-state index in [2.05, 4.69) is 0 Å². The van der Waals surface area contributed by atoms with Crippen molar-refractivity contribution in [2.24, 2.45) is 5.73 Å². The summed E-state index contributed by atoms with van der Waals surface area (Å²) >= 11 is 0. The fourth-order valence-electron chi connectivity index (χ4n) is 1.10. The topological polar surface area (TPSA) is 26.0 Å². The Morgan fingerprint density at radius 2 is 1.73 bits per heavy atom. The number of hydrogen-bond acceptors (Lipinski definition) is 1. The van der Waals surface area contributed by atoms with Gasteiger partial charge in [-0.05, 0) is 12.5 Å². The van der Waals surface area contributed by atoms with E-state index in [4.69, 9.17) is 5.73 Å². The second-order valence-corrected chi connectivity index (χ2v) is 2.85. The third-order valence-corrected chi connectivity index (χ3v) is 1.88. The van der Waals surface area contributed by atoms with E-state index in [-0.39, 0.29) is 24.4 Å². The maximum absolute atomic E-state index is 13.0. The Kier molecular flexibility index (Phi) is 5.60. The second kappa shape index (κ2) is 5.92. The SMILES string of the molecule is Cl.N[C@H](CCF)c1ccc(F)c(F)c1F. The number of alkyl halides is 1. The summed E-state index contributed by atoms with van der Waals surface area (Å²) in [6.45, 7) is -0.737. The highest BCUT2D eigenvalue weighted by Crippen LogP contribution is 2.21. The summed E-state index contributed by atoms with van der Waals surface area (Å²) < 4.78 is 50.1. The van der Waals surface area contributed by atoms with Crippen LogP contribution >= 0.6 is 12.4 Å². The molecule has 0 heterocycles. The molecular weight excluding hydrogens is 234 g/mol. The number of hydrogen-bond donors (Lipinski definition) is 1. The van der Waals surface area contributed by atoms with Crippen molar-refractivity contribution in [3.8, 4) is 0 Å². The molecule has 2 N–H and O–H groups in total. The Bertz CT molecular complexity index is 332. The summed E-state index contributed by atoms with van der Waals surface area (Å²) in [6, 6.07) is 0.843. The van der Waals surface area contributed by atoms with Crippen molar-refractivity contribution >= 4 is 12.4 Å². The van der Waals surface area contributed by atoms with Gasteiger partial charge in [-0.2, -0.15) is 0 Å². The molecule has 0 aliphatic carbocycles. The molecule has 86 valence electrons. The average Bonchev–Trinajstić information content (AvgIpc) is 2.15. The highest BCUT2D eigenvalue weighted by atomic mass is 35.5. The first-order chi connectivity index (χ1) is 6.57. The molecule has 1 aromatic carbocycles. The van der Waals surface area contributed by atoms with Crippen LogP contribution in [0.5, 0.6) is 0 Å². The molecule has 0 radical (unpaired) electrons. The zero-order valence-electron chi connectivity index (χ0n) is 7.64. The van der Waals surface area contributed by atoms with Crippen LogP contribution in [0.3, 0.4) is 0 Å². The van der Waals surface area contributed by atoms with E-state index in [0.717, 1.165) is 12.1 Å². The van der Waals surface area contributed by atoms with Gasteiger partial charge < -0.3 is 5.73 Å². The number of halogens is 5. The van der Waals surface area contributed by atoms with Crippen molar-refractivity contribution in [1.82, 2.24) is 0 Å². The highest BCUT2D eigenvalue weighted by Gasteiger charge is 2.17. The van der Waals surface area contributed by atoms with Gasteiger partial charge in [0.05, 0.1) is 6.67 Å². The van der Waals surface area contributed by atoms with E-state index in [0.29, 0.717) is 0 Å². The third kappa shape index (κ3) is 3.07. The van der Waals surface area contributed by atoms with Crippen LogP contribution in [0.2, 0.25) is 0 Å². The van der Waals surface area contributed by atoms with Gasteiger partial charge in [0.15, 0.2) is 17.5 Å². The first-order valence-electron chi connectivity index (χ1n) is 4.03. The fraction of sp³-hybridized carbons (Fsp3) is 0.333. The lowest BCUT2D eigenvalue weighted by Crippen LogP contribution is -2.14. The van der Waals surface area contributed by atoms with Crippen LogP contribution in [0.25, 0.3) is 0 Å². The normalized spacial score (nSPS) is 12.1. The summed E-state index contributed by atoms with van der Waals surface area (Å²) in [6.07, 6.45) is -0.123.